The Kier molecular flexibility index (Phi) is 5.26. The van der Waals surface area contributed by atoms with E-state index < -0.39 is 0 Å². The molecule has 0 saturated carbocycles. The lowest BCUT2D eigenvalue weighted by Crippen LogP contribution is -2.32. The van der Waals surface area contributed by atoms with E-state index in [9.17, 15) is 4.39 Å². The van der Waals surface area contributed by atoms with Gasteiger partial charge in [0.15, 0.2) is 0 Å². The molecule has 3 heteroatoms. The molecule has 0 aliphatic heterocycles. The molecular weight excluding hydrogens is 257 g/mol. The molecule has 1 rings (SSSR count). The Bertz CT molecular complexity index is 301. The van der Waals surface area contributed by atoms with E-state index in [1.807, 2.05) is 12.1 Å². The maximum atomic E-state index is 13.4. The average Bonchev–Trinajstić information content (AvgIpc) is 2.20. The molecule has 0 N–H and O–H groups in total. The first-order valence-electron chi connectivity index (χ1n) is 5.18. The number of nitrogens with zero attached hydrogens (tertiary/aromatic N) is 1. The SMILES string of the molecule is CC(C)N(CCBr)Cc1ccccc1F. The summed E-state index contributed by atoms with van der Waals surface area (Å²) in [6.07, 6.45) is 0. The zero-order valence-corrected chi connectivity index (χ0v) is 10.8. The number of hydrogen-bond donors (Lipinski definition) is 0. The van der Waals surface area contributed by atoms with Crippen molar-refractivity contribution in [3.8, 4) is 0 Å². The molecule has 84 valence electrons. The molecule has 0 bridgehead atoms. The van der Waals surface area contributed by atoms with E-state index in [2.05, 4.69) is 34.7 Å². The number of benzene rings is 1. The average molecular weight is 274 g/mol. The van der Waals surface area contributed by atoms with Crippen molar-refractivity contribution in [3.05, 3.63) is 35.6 Å². The van der Waals surface area contributed by atoms with E-state index in [-0.39, 0.29) is 5.82 Å². The van der Waals surface area contributed by atoms with Gasteiger partial charge in [-0.1, -0.05) is 34.1 Å². The fraction of sp³-hybridized carbons (Fsp3) is 0.500. The van der Waals surface area contributed by atoms with E-state index >= 15 is 0 Å². The minimum atomic E-state index is -0.113. The van der Waals surface area contributed by atoms with Crippen molar-refractivity contribution < 1.29 is 4.39 Å². The van der Waals surface area contributed by atoms with E-state index in [1.165, 1.54) is 6.07 Å². The molecule has 1 aromatic rings. The van der Waals surface area contributed by atoms with Crippen LogP contribution >= 0.6 is 15.9 Å². The molecule has 0 spiro atoms. The molecule has 15 heavy (non-hydrogen) atoms. The third-order valence-electron chi connectivity index (χ3n) is 2.43. The Hall–Kier alpha value is -0.410. The quantitative estimate of drug-likeness (QED) is 0.743. The van der Waals surface area contributed by atoms with Gasteiger partial charge in [-0.3, -0.25) is 4.90 Å². The van der Waals surface area contributed by atoms with Crippen LogP contribution < -0.4 is 0 Å². The zero-order chi connectivity index (χ0) is 11.3. The molecule has 0 amide bonds. The smallest absolute Gasteiger partial charge is 0.127 e. The fourth-order valence-corrected chi connectivity index (χ4v) is 1.93. The summed E-state index contributed by atoms with van der Waals surface area (Å²) < 4.78 is 13.4. The van der Waals surface area contributed by atoms with Gasteiger partial charge in [0.05, 0.1) is 0 Å². The van der Waals surface area contributed by atoms with Crippen LogP contribution in [0.2, 0.25) is 0 Å². The van der Waals surface area contributed by atoms with Gasteiger partial charge < -0.3 is 0 Å². The zero-order valence-electron chi connectivity index (χ0n) is 9.21. The summed E-state index contributed by atoms with van der Waals surface area (Å²) in [5.74, 6) is -0.113. The summed E-state index contributed by atoms with van der Waals surface area (Å²) >= 11 is 3.41. The summed E-state index contributed by atoms with van der Waals surface area (Å²) in [5.41, 5.74) is 0.771. The number of hydrogen-bond acceptors (Lipinski definition) is 1. The highest BCUT2D eigenvalue weighted by Crippen LogP contribution is 2.12. The predicted molar refractivity (Wildman–Crippen MR) is 65.7 cm³/mol. The number of alkyl halides is 1. The highest BCUT2D eigenvalue weighted by atomic mass is 79.9. The third-order valence-corrected chi connectivity index (χ3v) is 2.79. The first kappa shape index (κ1) is 12.7. The van der Waals surface area contributed by atoms with Gasteiger partial charge in [0, 0.05) is 30.0 Å². The summed E-state index contributed by atoms with van der Waals surface area (Å²) in [6.45, 7) is 5.87. The predicted octanol–water partition coefficient (Wildman–Crippen LogP) is 3.43. The van der Waals surface area contributed by atoms with Crippen molar-refractivity contribution in [3.63, 3.8) is 0 Å². The fourth-order valence-electron chi connectivity index (χ4n) is 1.47. The number of rotatable bonds is 5. The van der Waals surface area contributed by atoms with Crippen molar-refractivity contribution in [1.29, 1.82) is 0 Å². The van der Waals surface area contributed by atoms with Gasteiger partial charge in [-0.2, -0.15) is 0 Å². The van der Waals surface area contributed by atoms with Crippen LogP contribution in [0.3, 0.4) is 0 Å². The third kappa shape index (κ3) is 3.92. The molecule has 0 unspecified atom stereocenters. The van der Waals surface area contributed by atoms with E-state index in [0.717, 1.165) is 17.4 Å². The largest absolute Gasteiger partial charge is 0.296 e. The van der Waals surface area contributed by atoms with Gasteiger partial charge in [-0.25, -0.2) is 4.39 Å². The van der Waals surface area contributed by atoms with Gasteiger partial charge >= 0.3 is 0 Å². The van der Waals surface area contributed by atoms with Crippen LogP contribution in [0.25, 0.3) is 0 Å². The van der Waals surface area contributed by atoms with Crippen molar-refractivity contribution in [2.75, 3.05) is 11.9 Å². The first-order valence-corrected chi connectivity index (χ1v) is 6.30. The van der Waals surface area contributed by atoms with Crippen molar-refractivity contribution >= 4 is 15.9 Å². The lowest BCUT2D eigenvalue weighted by atomic mass is 10.2. The standard InChI is InChI=1S/C12H17BrFN/c1-10(2)15(8-7-13)9-11-5-3-4-6-12(11)14/h3-6,10H,7-9H2,1-2H3. The summed E-state index contributed by atoms with van der Waals surface area (Å²) in [5, 5.41) is 0.916. The van der Waals surface area contributed by atoms with Gasteiger partial charge in [-0.05, 0) is 19.9 Å². The molecule has 0 fully saturated rings. The van der Waals surface area contributed by atoms with Gasteiger partial charge in [0.2, 0.25) is 0 Å². The Morgan fingerprint density at radius 2 is 2.00 bits per heavy atom. The van der Waals surface area contributed by atoms with Crippen LogP contribution in [0.1, 0.15) is 19.4 Å². The maximum absolute atomic E-state index is 13.4. The van der Waals surface area contributed by atoms with Gasteiger partial charge in [0.1, 0.15) is 5.82 Å². The van der Waals surface area contributed by atoms with Crippen LogP contribution in [0, 0.1) is 5.82 Å². The molecule has 0 aliphatic rings. The first-order chi connectivity index (χ1) is 7.15. The highest BCUT2D eigenvalue weighted by molar-refractivity contribution is 9.09. The lowest BCUT2D eigenvalue weighted by molar-refractivity contribution is 0.224. The normalized spacial score (nSPS) is 11.3. The highest BCUT2D eigenvalue weighted by Gasteiger charge is 2.11. The molecule has 1 nitrogen and oxygen atoms in total. The van der Waals surface area contributed by atoms with Crippen LogP contribution in [-0.4, -0.2) is 22.8 Å². The van der Waals surface area contributed by atoms with Crippen molar-refractivity contribution in [1.82, 2.24) is 4.90 Å². The Morgan fingerprint density at radius 3 is 2.53 bits per heavy atom. The van der Waals surface area contributed by atoms with Gasteiger partial charge in [0.25, 0.3) is 0 Å². The number of halogens is 2. The van der Waals surface area contributed by atoms with Crippen LogP contribution in [0.15, 0.2) is 24.3 Å². The summed E-state index contributed by atoms with van der Waals surface area (Å²) in [6, 6.07) is 7.40. The maximum Gasteiger partial charge on any atom is 0.127 e. The molecule has 0 heterocycles. The lowest BCUT2D eigenvalue weighted by Gasteiger charge is -2.25. The van der Waals surface area contributed by atoms with Crippen LogP contribution in [0.5, 0.6) is 0 Å². The molecular formula is C12H17BrFN. The van der Waals surface area contributed by atoms with E-state index in [1.54, 1.807) is 6.07 Å². The minimum absolute atomic E-state index is 0.113. The van der Waals surface area contributed by atoms with Crippen LogP contribution in [0.4, 0.5) is 4.39 Å². The molecule has 0 aromatic heterocycles. The van der Waals surface area contributed by atoms with Crippen LogP contribution in [-0.2, 0) is 6.54 Å². The van der Waals surface area contributed by atoms with Gasteiger partial charge in [-0.15, -0.1) is 0 Å². The molecule has 1 aromatic carbocycles. The van der Waals surface area contributed by atoms with E-state index in [0.29, 0.717) is 12.6 Å². The minimum Gasteiger partial charge on any atom is -0.296 e. The molecule has 0 aliphatic carbocycles. The molecule has 0 radical (unpaired) electrons. The van der Waals surface area contributed by atoms with E-state index in [4.69, 9.17) is 0 Å². The van der Waals surface area contributed by atoms with Crippen molar-refractivity contribution in [2.45, 2.75) is 26.4 Å². The second-order valence-electron chi connectivity index (χ2n) is 3.84. The Labute approximate surface area is 99.4 Å². The second-order valence-corrected chi connectivity index (χ2v) is 4.64. The monoisotopic (exact) mass is 273 g/mol. The topological polar surface area (TPSA) is 3.24 Å². The van der Waals surface area contributed by atoms with Crippen molar-refractivity contribution in [2.24, 2.45) is 0 Å². The Morgan fingerprint density at radius 1 is 1.33 bits per heavy atom. The summed E-state index contributed by atoms with van der Waals surface area (Å²) in [4.78, 5) is 2.24. The second kappa shape index (κ2) is 6.23. The molecule has 0 atom stereocenters. The summed E-state index contributed by atoms with van der Waals surface area (Å²) in [7, 11) is 0. The molecule has 0 saturated heterocycles. The Balaban J connectivity index is 2.69.